The third kappa shape index (κ3) is 4.41. The second kappa shape index (κ2) is 7.59. The van der Waals surface area contributed by atoms with E-state index in [1.54, 1.807) is 0 Å². The zero-order chi connectivity index (χ0) is 19.6. The van der Waals surface area contributed by atoms with E-state index in [0.29, 0.717) is 32.6 Å². The lowest BCUT2D eigenvalue weighted by Gasteiger charge is -2.35. The van der Waals surface area contributed by atoms with E-state index in [2.05, 4.69) is 31.8 Å². The van der Waals surface area contributed by atoms with Crippen molar-refractivity contribution in [1.29, 1.82) is 0 Å². The molecular weight excluding hydrogens is 338 g/mol. The van der Waals surface area contributed by atoms with Crippen LogP contribution in [0, 0.1) is 6.92 Å². The number of piperazine rings is 1. The van der Waals surface area contributed by atoms with Gasteiger partial charge in [0.15, 0.2) is 0 Å². The molecule has 0 bridgehead atoms. The van der Waals surface area contributed by atoms with Gasteiger partial charge in [0.2, 0.25) is 5.91 Å². The lowest BCUT2D eigenvalue weighted by Crippen LogP contribution is -2.51. The molecule has 3 rings (SSSR count). The summed E-state index contributed by atoms with van der Waals surface area (Å²) in [6.45, 7) is 10.8. The number of aromatic amines is 1. The second-order valence-corrected chi connectivity index (χ2v) is 8.32. The molecule has 1 aliphatic rings. The molecule has 0 radical (unpaired) electrons. The molecule has 0 saturated carbocycles. The quantitative estimate of drug-likeness (QED) is 0.906. The largest absolute Gasteiger partial charge is 0.365 e. The Morgan fingerprint density at radius 2 is 1.70 bits per heavy atom. The molecule has 27 heavy (non-hydrogen) atoms. The van der Waals surface area contributed by atoms with Crippen molar-refractivity contribution in [2.45, 2.75) is 39.5 Å². The lowest BCUT2D eigenvalue weighted by atomic mass is 9.85. The first-order valence-corrected chi connectivity index (χ1v) is 9.56. The summed E-state index contributed by atoms with van der Waals surface area (Å²) in [5, 5.41) is 0. The third-order valence-corrected chi connectivity index (χ3v) is 5.26. The summed E-state index contributed by atoms with van der Waals surface area (Å²) < 4.78 is 0. The van der Waals surface area contributed by atoms with E-state index in [9.17, 15) is 9.59 Å². The van der Waals surface area contributed by atoms with Gasteiger partial charge in [0.25, 0.3) is 5.91 Å². The molecule has 1 aromatic heterocycles. The predicted octanol–water partition coefficient (Wildman–Crippen LogP) is 3.15. The van der Waals surface area contributed by atoms with Crippen molar-refractivity contribution < 1.29 is 9.59 Å². The van der Waals surface area contributed by atoms with Gasteiger partial charge in [0, 0.05) is 43.6 Å². The van der Waals surface area contributed by atoms with Gasteiger partial charge in [-0.1, -0.05) is 32.9 Å². The number of rotatable bonds is 3. The van der Waals surface area contributed by atoms with Crippen molar-refractivity contribution in [1.82, 2.24) is 14.8 Å². The van der Waals surface area contributed by atoms with Crippen LogP contribution >= 0.6 is 0 Å². The number of carbonyl (C=O) groups excluding carboxylic acids is 2. The number of hydrogen-bond acceptors (Lipinski definition) is 2. The van der Waals surface area contributed by atoms with Gasteiger partial charge in [-0.2, -0.15) is 0 Å². The Kier molecular flexibility index (Phi) is 5.40. The number of aryl methyl sites for hydroxylation is 1. The van der Waals surface area contributed by atoms with Gasteiger partial charge in [-0.3, -0.25) is 9.59 Å². The number of nitrogens with zero attached hydrogens (tertiary/aromatic N) is 2. The Bertz CT molecular complexity index is 811. The predicted molar refractivity (Wildman–Crippen MR) is 107 cm³/mol. The number of amides is 2. The summed E-state index contributed by atoms with van der Waals surface area (Å²) in [6, 6.07) is 9.98. The van der Waals surface area contributed by atoms with Gasteiger partial charge >= 0.3 is 0 Å². The van der Waals surface area contributed by atoms with Crippen molar-refractivity contribution in [3.63, 3.8) is 0 Å². The van der Waals surface area contributed by atoms with Crippen LogP contribution in [0.3, 0.4) is 0 Å². The number of nitrogens with one attached hydrogen (secondary N) is 1. The van der Waals surface area contributed by atoms with Crippen molar-refractivity contribution in [2.24, 2.45) is 0 Å². The molecule has 2 aromatic rings. The molecule has 0 unspecified atom stereocenters. The van der Waals surface area contributed by atoms with Crippen LogP contribution in [0.5, 0.6) is 0 Å². The fraction of sp³-hybridized carbons (Fsp3) is 0.455. The van der Waals surface area contributed by atoms with Crippen molar-refractivity contribution in [2.75, 3.05) is 26.2 Å². The van der Waals surface area contributed by atoms with E-state index >= 15 is 0 Å². The van der Waals surface area contributed by atoms with Gasteiger partial charge < -0.3 is 14.8 Å². The molecule has 2 amide bonds. The summed E-state index contributed by atoms with van der Waals surface area (Å²) in [7, 11) is 0. The van der Waals surface area contributed by atoms with Crippen LogP contribution in [0.1, 0.15) is 48.0 Å². The summed E-state index contributed by atoms with van der Waals surface area (Å²) >= 11 is 0. The van der Waals surface area contributed by atoms with Crippen LogP contribution in [0.4, 0.5) is 0 Å². The molecule has 1 aromatic carbocycles. The van der Waals surface area contributed by atoms with Gasteiger partial charge in [0.05, 0.1) is 6.42 Å². The Morgan fingerprint density at radius 3 is 2.30 bits per heavy atom. The first-order valence-electron chi connectivity index (χ1n) is 9.56. The van der Waals surface area contributed by atoms with Crippen LogP contribution in [-0.4, -0.2) is 52.8 Å². The molecule has 1 saturated heterocycles. The average Bonchev–Trinajstić information content (AvgIpc) is 3.13. The van der Waals surface area contributed by atoms with Crippen molar-refractivity contribution in [3.05, 3.63) is 58.9 Å². The Hall–Kier alpha value is -2.56. The Balaban J connectivity index is 1.64. The number of hydrogen-bond donors (Lipinski definition) is 1. The molecule has 1 aliphatic heterocycles. The van der Waals surface area contributed by atoms with Gasteiger partial charge in [0.1, 0.15) is 0 Å². The summed E-state index contributed by atoms with van der Waals surface area (Å²) in [4.78, 5) is 32.3. The molecule has 144 valence electrons. The maximum Gasteiger partial charge on any atom is 0.254 e. The number of benzene rings is 1. The van der Waals surface area contributed by atoms with Crippen LogP contribution in [0.25, 0.3) is 0 Å². The standard InChI is InChI=1S/C22H29N3O2/c1-16-7-8-17(22(2,3)4)14-19(16)21(27)25-12-10-24(11-13-25)20(26)15-18-6-5-9-23-18/h5-9,14,23H,10-13,15H2,1-4H3. The molecule has 0 aliphatic carbocycles. The monoisotopic (exact) mass is 367 g/mol. The maximum absolute atomic E-state index is 13.1. The summed E-state index contributed by atoms with van der Waals surface area (Å²) in [5.74, 6) is 0.172. The minimum atomic E-state index is 0.00562. The highest BCUT2D eigenvalue weighted by Gasteiger charge is 2.26. The van der Waals surface area contributed by atoms with E-state index in [1.165, 1.54) is 0 Å². The molecule has 2 heterocycles. The van der Waals surface area contributed by atoms with Crippen LogP contribution in [0.2, 0.25) is 0 Å². The van der Waals surface area contributed by atoms with Crippen LogP contribution in [0.15, 0.2) is 36.5 Å². The van der Waals surface area contributed by atoms with E-state index in [0.717, 1.165) is 22.4 Å². The SMILES string of the molecule is Cc1ccc(C(C)(C)C)cc1C(=O)N1CCN(C(=O)Cc2ccc[nH]2)CC1. The highest BCUT2D eigenvalue weighted by molar-refractivity contribution is 5.96. The van der Waals surface area contributed by atoms with E-state index in [1.807, 2.05) is 47.2 Å². The van der Waals surface area contributed by atoms with E-state index in [-0.39, 0.29) is 17.2 Å². The highest BCUT2D eigenvalue weighted by atomic mass is 16.2. The minimum absolute atomic E-state index is 0.00562. The molecule has 5 nitrogen and oxygen atoms in total. The smallest absolute Gasteiger partial charge is 0.254 e. The maximum atomic E-state index is 13.1. The number of H-pyrrole nitrogens is 1. The van der Waals surface area contributed by atoms with E-state index in [4.69, 9.17) is 0 Å². The normalized spacial score (nSPS) is 15.1. The Morgan fingerprint density at radius 1 is 1.04 bits per heavy atom. The summed E-state index contributed by atoms with van der Waals surface area (Å²) in [5.41, 5.74) is 3.86. The van der Waals surface area contributed by atoms with Gasteiger partial charge in [-0.05, 0) is 41.7 Å². The zero-order valence-electron chi connectivity index (χ0n) is 16.7. The highest BCUT2D eigenvalue weighted by Crippen LogP contribution is 2.25. The fourth-order valence-corrected chi connectivity index (χ4v) is 3.40. The van der Waals surface area contributed by atoms with Crippen molar-refractivity contribution in [3.8, 4) is 0 Å². The number of carbonyl (C=O) groups is 2. The average molecular weight is 367 g/mol. The second-order valence-electron chi connectivity index (χ2n) is 8.32. The van der Waals surface area contributed by atoms with Gasteiger partial charge in [-0.25, -0.2) is 0 Å². The molecule has 1 N–H and O–H groups in total. The first-order chi connectivity index (χ1) is 12.8. The molecule has 0 spiro atoms. The number of aromatic nitrogens is 1. The zero-order valence-corrected chi connectivity index (χ0v) is 16.7. The third-order valence-electron chi connectivity index (χ3n) is 5.26. The molecule has 0 atom stereocenters. The molecular formula is C22H29N3O2. The Labute approximate surface area is 161 Å². The lowest BCUT2D eigenvalue weighted by molar-refractivity contribution is -0.132. The van der Waals surface area contributed by atoms with E-state index < -0.39 is 0 Å². The summed E-state index contributed by atoms with van der Waals surface area (Å²) in [6.07, 6.45) is 2.21. The molecule has 5 heteroatoms. The topological polar surface area (TPSA) is 56.4 Å². The van der Waals surface area contributed by atoms with Crippen molar-refractivity contribution >= 4 is 11.8 Å². The minimum Gasteiger partial charge on any atom is -0.365 e. The fourth-order valence-electron chi connectivity index (χ4n) is 3.40. The van der Waals surface area contributed by atoms with Gasteiger partial charge in [-0.15, -0.1) is 0 Å². The first kappa shape index (κ1) is 19.2. The van der Waals surface area contributed by atoms with Crippen LogP contribution in [-0.2, 0) is 16.6 Å². The van der Waals surface area contributed by atoms with Crippen LogP contribution < -0.4 is 0 Å². The molecule has 1 fully saturated rings.